The number of carboxylic acid groups (broad SMARTS) is 2. The molecule has 0 radical (unpaired) electrons. The van der Waals surface area contributed by atoms with Crippen molar-refractivity contribution in [2.24, 2.45) is 0 Å². The number of aliphatic carboxylic acids is 1. The van der Waals surface area contributed by atoms with Crippen LogP contribution >= 0.6 is 0 Å². The van der Waals surface area contributed by atoms with Gasteiger partial charge < -0.3 is 10.2 Å². The number of nitrogens with zero attached hydrogens (tertiary/aromatic N) is 1. The summed E-state index contributed by atoms with van der Waals surface area (Å²) >= 11 is 0. The molecule has 5 heteroatoms. The summed E-state index contributed by atoms with van der Waals surface area (Å²) in [5, 5.41) is 17.0. The Bertz CT molecular complexity index is 412. The molecule has 1 aromatic rings. The van der Waals surface area contributed by atoms with Gasteiger partial charge in [-0.2, -0.15) is 0 Å². The van der Waals surface area contributed by atoms with Crippen LogP contribution in [-0.2, 0) is 4.79 Å². The Hall–Kier alpha value is -2.17. The molecule has 15 heavy (non-hydrogen) atoms. The van der Waals surface area contributed by atoms with Gasteiger partial charge in [-0.15, -0.1) is 0 Å². The van der Waals surface area contributed by atoms with E-state index in [1.54, 1.807) is 0 Å². The van der Waals surface area contributed by atoms with Gasteiger partial charge in [0.15, 0.2) is 0 Å². The summed E-state index contributed by atoms with van der Waals surface area (Å²) in [6.45, 7) is 0. The van der Waals surface area contributed by atoms with Gasteiger partial charge in [0.1, 0.15) is 0 Å². The maximum absolute atomic E-state index is 10.6. The van der Waals surface area contributed by atoms with Crippen LogP contribution in [0.15, 0.2) is 24.5 Å². The Balaban J connectivity index is 2.78. The van der Waals surface area contributed by atoms with E-state index in [0.29, 0.717) is 5.56 Å². The zero-order chi connectivity index (χ0) is 11.3. The van der Waals surface area contributed by atoms with Crippen molar-refractivity contribution in [3.05, 3.63) is 35.7 Å². The highest BCUT2D eigenvalue weighted by molar-refractivity contribution is 5.87. The van der Waals surface area contributed by atoms with Gasteiger partial charge in [-0.3, -0.25) is 9.78 Å². The van der Waals surface area contributed by atoms with Gasteiger partial charge >= 0.3 is 11.9 Å². The molecule has 0 spiro atoms. The molecule has 0 bridgehead atoms. The molecule has 0 saturated carbocycles. The van der Waals surface area contributed by atoms with Crippen molar-refractivity contribution in [1.82, 2.24) is 4.98 Å². The molecule has 0 unspecified atom stereocenters. The van der Waals surface area contributed by atoms with Gasteiger partial charge in [0.25, 0.3) is 0 Å². The Morgan fingerprint density at radius 1 is 1.33 bits per heavy atom. The predicted molar refractivity (Wildman–Crippen MR) is 52.5 cm³/mol. The molecule has 5 nitrogen and oxygen atoms in total. The number of hydrogen-bond acceptors (Lipinski definition) is 3. The van der Waals surface area contributed by atoms with E-state index in [1.807, 2.05) is 0 Å². The third-order valence-electron chi connectivity index (χ3n) is 1.61. The van der Waals surface area contributed by atoms with Crippen LogP contribution in [0, 0.1) is 0 Å². The molecule has 1 rings (SSSR count). The van der Waals surface area contributed by atoms with E-state index in [4.69, 9.17) is 10.2 Å². The summed E-state index contributed by atoms with van der Waals surface area (Å²) in [6, 6.07) is 1.42. The summed E-state index contributed by atoms with van der Waals surface area (Å²) in [5.41, 5.74) is 0.642. The van der Waals surface area contributed by atoms with Crippen LogP contribution in [0.1, 0.15) is 22.3 Å². The van der Waals surface area contributed by atoms with Crippen molar-refractivity contribution >= 4 is 18.0 Å². The van der Waals surface area contributed by atoms with E-state index in [9.17, 15) is 9.59 Å². The molecule has 1 heterocycles. The predicted octanol–water partition coefficient (Wildman–Crippen LogP) is 1.27. The van der Waals surface area contributed by atoms with Crippen molar-refractivity contribution in [3.8, 4) is 0 Å². The minimum Gasteiger partial charge on any atom is -0.481 e. The van der Waals surface area contributed by atoms with Gasteiger partial charge in [-0.25, -0.2) is 4.79 Å². The zero-order valence-corrected chi connectivity index (χ0v) is 7.75. The SMILES string of the molecule is O=C(O)CC=Cc1cncc(C(=O)O)c1. The second kappa shape index (κ2) is 4.90. The average Bonchev–Trinajstić information content (AvgIpc) is 2.17. The molecule has 0 saturated heterocycles. The van der Waals surface area contributed by atoms with Crippen molar-refractivity contribution in [2.45, 2.75) is 6.42 Å². The summed E-state index contributed by atoms with van der Waals surface area (Å²) < 4.78 is 0. The Kier molecular flexibility index (Phi) is 3.56. The van der Waals surface area contributed by atoms with E-state index >= 15 is 0 Å². The Morgan fingerprint density at radius 3 is 2.67 bits per heavy atom. The first-order valence-corrected chi connectivity index (χ1v) is 4.16. The fourth-order valence-corrected chi connectivity index (χ4v) is 0.962. The van der Waals surface area contributed by atoms with E-state index in [-0.39, 0.29) is 12.0 Å². The molecule has 0 amide bonds. The van der Waals surface area contributed by atoms with Crippen molar-refractivity contribution in [1.29, 1.82) is 0 Å². The molecule has 2 N–H and O–H groups in total. The highest BCUT2D eigenvalue weighted by atomic mass is 16.4. The number of carbonyl (C=O) groups is 2. The maximum Gasteiger partial charge on any atom is 0.337 e. The zero-order valence-electron chi connectivity index (χ0n) is 7.75. The van der Waals surface area contributed by atoms with Crippen molar-refractivity contribution < 1.29 is 19.8 Å². The minimum atomic E-state index is -1.06. The number of rotatable bonds is 4. The van der Waals surface area contributed by atoms with Crippen LogP contribution in [0.5, 0.6) is 0 Å². The number of aromatic carboxylic acids is 1. The molecule has 0 aromatic carbocycles. The minimum absolute atomic E-state index is 0.0764. The second-order valence-electron chi connectivity index (χ2n) is 2.81. The van der Waals surface area contributed by atoms with Crippen LogP contribution < -0.4 is 0 Å². The largest absolute Gasteiger partial charge is 0.481 e. The summed E-state index contributed by atoms with van der Waals surface area (Å²) in [5.74, 6) is -2.00. The first-order valence-electron chi connectivity index (χ1n) is 4.16. The second-order valence-corrected chi connectivity index (χ2v) is 2.81. The lowest BCUT2D eigenvalue weighted by Crippen LogP contribution is -1.97. The smallest absolute Gasteiger partial charge is 0.337 e. The highest BCUT2D eigenvalue weighted by Crippen LogP contribution is 2.05. The fraction of sp³-hybridized carbons (Fsp3) is 0.100. The van der Waals surface area contributed by atoms with E-state index in [0.717, 1.165) is 0 Å². The third-order valence-corrected chi connectivity index (χ3v) is 1.61. The molecular weight excluding hydrogens is 198 g/mol. The van der Waals surface area contributed by atoms with Crippen LogP contribution in [0.2, 0.25) is 0 Å². The quantitative estimate of drug-likeness (QED) is 0.776. The topological polar surface area (TPSA) is 87.5 Å². The Labute approximate surface area is 85.7 Å². The molecule has 1 aromatic heterocycles. The fourth-order valence-electron chi connectivity index (χ4n) is 0.962. The van der Waals surface area contributed by atoms with Gasteiger partial charge in [0.05, 0.1) is 12.0 Å². The van der Waals surface area contributed by atoms with Crippen molar-refractivity contribution in [2.75, 3.05) is 0 Å². The highest BCUT2D eigenvalue weighted by Gasteiger charge is 2.02. The first kappa shape index (κ1) is 10.9. The first-order chi connectivity index (χ1) is 7.09. The van der Waals surface area contributed by atoms with E-state index in [1.165, 1.54) is 30.6 Å². The molecule has 0 fully saturated rings. The summed E-state index contributed by atoms with van der Waals surface area (Å²) in [6.07, 6.45) is 5.55. The molecular formula is C10H9NO4. The van der Waals surface area contributed by atoms with E-state index < -0.39 is 11.9 Å². The average molecular weight is 207 g/mol. The number of carboxylic acids is 2. The molecule has 0 atom stereocenters. The molecule has 0 aliphatic heterocycles. The maximum atomic E-state index is 10.6. The monoisotopic (exact) mass is 207 g/mol. The number of hydrogen-bond donors (Lipinski definition) is 2. The summed E-state index contributed by atoms with van der Waals surface area (Å²) in [4.78, 5) is 24.5. The van der Waals surface area contributed by atoms with Crippen LogP contribution in [0.3, 0.4) is 0 Å². The Morgan fingerprint density at radius 2 is 2.07 bits per heavy atom. The molecule has 0 aliphatic carbocycles. The lowest BCUT2D eigenvalue weighted by atomic mass is 10.2. The van der Waals surface area contributed by atoms with Gasteiger partial charge in [-0.1, -0.05) is 12.2 Å². The lowest BCUT2D eigenvalue weighted by molar-refractivity contribution is -0.135. The standard InChI is InChI=1S/C10H9NO4/c12-9(13)3-1-2-7-4-8(10(14)15)6-11-5-7/h1-2,4-6H,3H2,(H,12,13)(H,14,15). The number of aromatic nitrogens is 1. The van der Waals surface area contributed by atoms with E-state index in [2.05, 4.69) is 4.98 Å². The molecule has 78 valence electrons. The number of pyridine rings is 1. The van der Waals surface area contributed by atoms with Crippen LogP contribution in [0.4, 0.5) is 0 Å². The van der Waals surface area contributed by atoms with Gasteiger partial charge in [-0.05, 0) is 11.6 Å². The lowest BCUT2D eigenvalue weighted by Gasteiger charge is -1.95. The third kappa shape index (κ3) is 3.60. The van der Waals surface area contributed by atoms with Crippen LogP contribution in [-0.4, -0.2) is 27.1 Å². The van der Waals surface area contributed by atoms with Crippen molar-refractivity contribution in [3.63, 3.8) is 0 Å². The summed E-state index contributed by atoms with van der Waals surface area (Å²) in [7, 11) is 0. The van der Waals surface area contributed by atoms with Gasteiger partial charge in [0.2, 0.25) is 0 Å². The van der Waals surface area contributed by atoms with Gasteiger partial charge in [0, 0.05) is 12.4 Å². The normalized spacial score (nSPS) is 10.4. The van der Waals surface area contributed by atoms with Crippen LogP contribution in [0.25, 0.3) is 6.08 Å². The molecule has 0 aliphatic rings.